The predicted molar refractivity (Wildman–Crippen MR) is 41.3 cm³/mol. The Morgan fingerprint density at radius 3 is 2.18 bits per heavy atom. The summed E-state index contributed by atoms with van der Waals surface area (Å²) in [5.74, 6) is 0.490. The van der Waals surface area contributed by atoms with Crippen LogP contribution in [0.15, 0.2) is 11.6 Å². The molecule has 0 aliphatic heterocycles. The van der Waals surface area contributed by atoms with E-state index in [1.54, 1.807) is 0 Å². The second kappa shape index (κ2) is 3.78. The third kappa shape index (κ3) is 2.09. The molecule has 0 amide bonds. The highest BCUT2D eigenvalue weighted by molar-refractivity contribution is 5.35. The fraction of sp³-hybridized carbons (Fsp3) is 0.556. The third-order valence-electron chi connectivity index (χ3n) is 2.04. The molecule has 0 atom stereocenters. The predicted octanol–water partition coefficient (Wildman–Crippen LogP) is 2.15. The van der Waals surface area contributed by atoms with Crippen molar-refractivity contribution in [3.63, 3.8) is 0 Å². The van der Waals surface area contributed by atoms with E-state index in [9.17, 15) is 0 Å². The first-order valence-electron chi connectivity index (χ1n) is 3.89. The van der Waals surface area contributed by atoms with Gasteiger partial charge in [0.15, 0.2) is 0 Å². The van der Waals surface area contributed by atoms with Gasteiger partial charge in [0.1, 0.15) is 17.7 Å². The van der Waals surface area contributed by atoms with Crippen molar-refractivity contribution in [1.82, 2.24) is 0 Å². The average Bonchev–Trinajstić information content (AvgIpc) is 2.52. The summed E-state index contributed by atoms with van der Waals surface area (Å²) in [6.07, 6.45) is 6.59. The lowest BCUT2D eigenvalue weighted by Crippen LogP contribution is -1.87. The summed E-state index contributed by atoms with van der Waals surface area (Å²) in [5.41, 5.74) is 0.275. The van der Waals surface area contributed by atoms with Gasteiger partial charge in [-0.3, -0.25) is 0 Å². The normalized spacial score (nSPS) is 16.9. The van der Waals surface area contributed by atoms with Crippen LogP contribution in [-0.2, 0) is 0 Å². The number of hydrogen-bond acceptors (Lipinski definition) is 2. The Morgan fingerprint density at radius 1 is 1.18 bits per heavy atom. The molecule has 1 saturated carbocycles. The fourth-order valence-corrected chi connectivity index (χ4v) is 1.46. The second-order valence-corrected chi connectivity index (χ2v) is 2.85. The highest BCUT2D eigenvalue weighted by Crippen LogP contribution is 2.26. The lowest BCUT2D eigenvalue weighted by Gasteiger charge is -1.97. The topological polar surface area (TPSA) is 47.6 Å². The quantitative estimate of drug-likeness (QED) is 0.532. The molecule has 0 saturated heterocycles. The number of nitrogens with zero attached hydrogens (tertiary/aromatic N) is 2. The molecule has 1 aliphatic rings. The number of nitriles is 2. The van der Waals surface area contributed by atoms with Crippen molar-refractivity contribution in [3.8, 4) is 12.1 Å². The van der Waals surface area contributed by atoms with Gasteiger partial charge < -0.3 is 0 Å². The molecule has 11 heavy (non-hydrogen) atoms. The van der Waals surface area contributed by atoms with Gasteiger partial charge in [0, 0.05) is 0 Å². The van der Waals surface area contributed by atoms with Crippen LogP contribution in [0.2, 0.25) is 0 Å². The Bertz CT molecular complexity index is 217. The molecule has 1 fully saturated rings. The van der Waals surface area contributed by atoms with Crippen molar-refractivity contribution < 1.29 is 0 Å². The summed E-state index contributed by atoms with van der Waals surface area (Å²) in [7, 11) is 0. The Hall–Kier alpha value is -1.28. The SMILES string of the molecule is N#CC(C#N)=CC1CCCC1. The monoisotopic (exact) mass is 146 g/mol. The van der Waals surface area contributed by atoms with Crippen LogP contribution in [0.5, 0.6) is 0 Å². The third-order valence-corrected chi connectivity index (χ3v) is 2.04. The van der Waals surface area contributed by atoms with Crippen LogP contribution in [0.1, 0.15) is 25.7 Å². The highest BCUT2D eigenvalue weighted by Gasteiger charge is 2.12. The van der Waals surface area contributed by atoms with Gasteiger partial charge in [0.05, 0.1) is 0 Å². The first-order chi connectivity index (χ1) is 5.36. The molecule has 0 unspecified atom stereocenters. The standard InChI is InChI=1S/C9H10N2/c10-6-9(7-11)5-8-3-1-2-4-8/h5,8H,1-4H2. The molecule has 0 aromatic carbocycles. The molecule has 56 valence electrons. The van der Waals surface area contributed by atoms with E-state index in [1.165, 1.54) is 12.8 Å². The van der Waals surface area contributed by atoms with Crippen LogP contribution in [0.3, 0.4) is 0 Å². The number of rotatable bonds is 1. The molecule has 0 bridgehead atoms. The van der Waals surface area contributed by atoms with Gasteiger partial charge >= 0.3 is 0 Å². The zero-order valence-electron chi connectivity index (χ0n) is 6.38. The van der Waals surface area contributed by atoms with E-state index in [2.05, 4.69) is 0 Å². The largest absolute Gasteiger partial charge is 0.192 e. The molecule has 0 aromatic rings. The second-order valence-electron chi connectivity index (χ2n) is 2.85. The summed E-state index contributed by atoms with van der Waals surface area (Å²) >= 11 is 0. The summed E-state index contributed by atoms with van der Waals surface area (Å²) < 4.78 is 0. The van der Waals surface area contributed by atoms with Crippen molar-refractivity contribution >= 4 is 0 Å². The summed E-state index contributed by atoms with van der Waals surface area (Å²) in [6.45, 7) is 0. The summed E-state index contributed by atoms with van der Waals surface area (Å²) in [6, 6.07) is 3.76. The Balaban J connectivity index is 2.57. The van der Waals surface area contributed by atoms with Gasteiger partial charge in [-0.1, -0.05) is 18.9 Å². The maximum atomic E-state index is 8.45. The minimum absolute atomic E-state index is 0.275. The van der Waals surface area contributed by atoms with Crippen LogP contribution in [-0.4, -0.2) is 0 Å². The van der Waals surface area contributed by atoms with Gasteiger partial charge in [0.25, 0.3) is 0 Å². The fourth-order valence-electron chi connectivity index (χ4n) is 1.46. The Morgan fingerprint density at radius 2 is 1.73 bits per heavy atom. The van der Waals surface area contributed by atoms with Crippen molar-refractivity contribution in [2.24, 2.45) is 5.92 Å². The van der Waals surface area contributed by atoms with Crippen LogP contribution < -0.4 is 0 Å². The molecule has 0 spiro atoms. The van der Waals surface area contributed by atoms with Crippen LogP contribution >= 0.6 is 0 Å². The van der Waals surface area contributed by atoms with Crippen molar-refractivity contribution in [1.29, 1.82) is 10.5 Å². The van der Waals surface area contributed by atoms with E-state index in [0.29, 0.717) is 5.92 Å². The molecule has 0 N–H and O–H groups in total. The first-order valence-corrected chi connectivity index (χ1v) is 3.89. The molecule has 1 aliphatic carbocycles. The van der Waals surface area contributed by atoms with E-state index in [-0.39, 0.29) is 5.57 Å². The van der Waals surface area contributed by atoms with E-state index in [0.717, 1.165) is 12.8 Å². The average molecular weight is 146 g/mol. The Labute approximate surface area is 66.7 Å². The minimum Gasteiger partial charge on any atom is -0.192 e. The van der Waals surface area contributed by atoms with Crippen LogP contribution in [0.4, 0.5) is 0 Å². The zero-order valence-corrected chi connectivity index (χ0v) is 6.38. The molecule has 2 nitrogen and oxygen atoms in total. The van der Waals surface area contributed by atoms with E-state index < -0.39 is 0 Å². The zero-order chi connectivity index (χ0) is 8.10. The highest BCUT2D eigenvalue weighted by atomic mass is 14.3. The van der Waals surface area contributed by atoms with Crippen LogP contribution in [0.25, 0.3) is 0 Å². The van der Waals surface area contributed by atoms with Gasteiger partial charge in [-0.15, -0.1) is 0 Å². The van der Waals surface area contributed by atoms with Crippen molar-refractivity contribution in [3.05, 3.63) is 11.6 Å². The lowest BCUT2D eigenvalue weighted by atomic mass is 10.1. The first kappa shape index (κ1) is 7.82. The van der Waals surface area contributed by atoms with E-state index in [1.807, 2.05) is 18.2 Å². The van der Waals surface area contributed by atoms with Gasteiger partial charge in [-0.2, -0.15) is 10.5 Å². The minimum atomic E-state index is 0.275. The molecule has 0 heterocycles. The molecule has 0 radical (unpaired) electrons. The van der Waals surface area contributed by atoms with Gasteiger partial charge in [-0.25, -0.2) is 0 Å². The maximum Gasteiger partial charge on any atom is 0.125 e. The van der Waals surface area contributed by atoms with Crippen molar-refractivity contribution in [2.45, 2.75) is 25.7 Å². The van der Waals surface area contributed by atoms with Gasteiger partial charge in [-0.05, 0) is 18.8 Å². The molecular weight excluding hydrogens is 136 g/mol. The Kier molecular flexibility index (Phi) is 2.69. The summed E-state index contributed by atoms with van der Waals surface area (Å²) in [5, 5.41) is 16.9. The molecule has 0 aromatic heterocycles. The van der Waals surface area contributed by atoms with Gasteiger partial charge in [0.2, 0.25) is 0 Å². The van der Waals surface area contributed by atoms with Crippen molar-refractivity contribution in [2.75, 3.05) is 0 Å². The number of allylic oxidation sites excluding steroid dienone is 2. The molecular formula is C9H10N2. The maximum absolute atomic E-state index is 8.45. The smallest absolute Gasteiger partial charge is 0.125 e. The van der Waals surface area contributed by atoms with Crippen LogP contribution in [0, 0.1) is 28.6 Å². The molecule has 1 rings (SSSR count). The summed E-state index contributed by atoms with van der Waals surface area (Å²) in [4.78, 5) is 0. The van der Waals surface area contributed by atoms with E-state index in [4.69, 9.17) is 10.5 Å². The molecule has 2 heteroatoms. The lowest BCUT2D eigenvalue weighted by molar-refractivity contribution is 0.684. The number of hydrogen-bond donors (Lipinski definition) is 0. The van der Waals surface area contributed by atoms with E-state index >= 15 is 0 Å².